The predicted octanol–water partition coefficient (Wildman–Crippen LogP) is 2.49. The Bertz CT molecular complexity index is 378. The lowest BCUT2D eigenvalue weighted by atomic mass is 10.1. The number of nitrogens with one attached hydrogen (secondary N) is 1. The van der Waals surface area contributed by atoms with Crippen LogP contribution >= 0.6 is 23.4 Å². The number of aryl methyl sites for hydroxylation is 1. The Hall–Kier alpha value is -0.710. The average Bonchev–Trinajstić information content (AvgIpc) is 2.32. The summed E-state index contributed by atoms with van der Waals surface area (Å²) in [5.74, 6) is 1.68. The summed E-state index contributed by atoms with van der Waals surface area (Å²) in [7, 11) is 0. The Balaban J connectivity index is 2.32. The molecule has 0 saturated carbocycles. The number of hydrogen-bond acceptors (Lipinski definition) is 3. The van der Waals surface area contributed by atoms with Crippen LogP contribution in [0.1, 0.15) is 22.3 Å². The summed E-state index contributed by atoms with van der Waals surface area (Å²) in [5.41, 5.74) is 1.57. The fraction of sp³-hybridized carbons (Fsp3) is 0.462. The largest absolute Gasteiger partial charge is 0.396 e. The van der Waals surface area contributed by atoms with Crippen molar-refractivity contribution in [2.75, 3.05) is 24.7 Å². The number of hydrogen-bond donors (Lipinski definition) is 2. The van der Waals surface area contributed by atoms with Crippen LogP contribution in [0.15, 0.2) is 18.2 Å². The van der Waals surface area contributed by atoms with Crippen LogP contribution < -0.4 is 5.32 Å². The molecule has 0 bridgehead atoms. The van der Waals surface area contributed by atoms with Gasteiger partial charge in [-0.3, -0.25) is 4.79 Å². The second-order valence-electron chi connectivity index (χ2n) is 3.96. The lowest BCUT2D eigenvalue weighted by Gasteiger charge is -2.06. The molecular formula is C13H18ClNO2S. The zero-order valence-corrected chi connectivity index (χ0v) is 12.0. The van der Waals surface area contributed by atoms with E-state index in [1.165, 1.54) is 0 Å². The highest BCUT2D eigenvalue weighted by Gasteiger charge is 2.06. The van der Waals surface area contributed by atoms with Gasteiger partial charge in [-0.05, 0) is 42.9 Å². The van der Waals surface area contributed by atoms with Gasteiger partial charge in [0.2, 0.25) is 0 Å². The van der Waals surface area contributed by atoms with Gasteiger partial charge in [0, 0.05) is 29.5 Å². The van der Waals surface area contributed by atoms with Crippen molar-refractivity contribution in [3.05, 3.63) is 34.3 Å². The van der Waals surface area contributed by atoms with Gasteiger partial charge < -0.3 is 10.4 Å². The molecule has 100 valence electrons. The summed E-state index contributed by atoms with van der Waals surface area (Å²) in [6.07, 6.45) is 0.798. The van der Waals surface area contributed by atoms with Crippen molar-refractivity contribution in [2.24, 2.45) is 0 Å². The highest BCUT2D eigenvalue weighted by Crippen LogP contribution is 2.14. The van der Waals surface area contributed by atoms with Crippen molar-refractivity contribution < 1.29 is 9.90 Å². The van der Waals surface area contributed by atoms with E-state index in [0.717, 1.165) is 23.5 Å². The van der Waals surface area contributed by atoms with Gasteiger partial charge >= 0.3 is 0 Å². The molecule has 0 unspecified atom stereocenters. The smallest absolute Gasteiger partial charge is 0.251 e. The molecule has 1 aromatic carbocycles. The number of aliphatic hydroxyl groups is 1. The van der Waals surface area contributed by atoms with Gasteiger partial charge in [0.15, 0.2) is 0 Å². The molecule has 5 heteroatoms. The Morgan fingerprint density at radius 2 is 2.17 bits per heavy atom. The first kappa shape index (κ1) is 15.3. The molecule has 0 aliphatic rings. The molecule has 0 saturated heterocycles. The molecule has 0 fully saturated rings. The third-order valence-corrected chi connectivity index (χ3v) is 3.57. The summed E-state index contributed by atoms with van der Waals surface area (Å²) >= 11 is 7.63. The SMILES string of the molecule is Cc1cc(Cl)cc(C(=O)NCCSCCCO)c1. The number of halogens is 1. The molecule has 2 N–H and O–H groups in total. The zero-order chi connectivity index (χ0) is 13.4. The summed E-state index contributed by atoms with van der Waals surface area (Å²) in [5, 5.41) is 12.0. The predicted molar refractivity (Wildman–Crippen MR) is 77.6 cm³/mol. The third kappa shape index (κ3) is 5.76. The lowest BCUT2D eigenvalue weighted by Crippen LogP contribution is -2.25. The van der Waals surface area contributed by atoms with Crippen molar-refractivity contribution in [3.63, 3.8) is 0 Å². The van der Waals surface area contributed by atoms with Crippen LogP contribution in [0.25, 0.3) is 0 Å². The number of thioether (sulfide) groups is 1. The quantitative estimate of drug-likeness (QED) is 0.758. The van der Waals surface area contributed by atoms with Gasteiger partial charge in [-0.2, -0.15) is 11.8 Å². The van der Waals surface area contributed by atoms with Crippen molar-refractivity contribution in [3.8, 4) is 0 Å². The molecule has 0 spiro atoms. The minimum absolute atomic E-state index is 0.0941. The molecule has 1 aromatic rings. The van der Waals surface area contributed by atoms with Crippen LogP contribution in [0, 0.1) is 6.92 Å². The minimum Gasteiger partial charge on any atom is -0.396 e. The topological polar surface area (TPSA) is 49.3 Å². The second-order valence-corrected chi connectivity index (χ2v) is 5.62. The maximum Gasteiger partial charge on any atom is 0.251 e. The highest BCUT2D eigenvalue weighted by molar-refractivity contribution is 7.99. The van der Waals surface area contributed by atoms with E-state index < -0.39 is 0 Å². The van der Waals surface area contributed by atoms with E-state index in [9.17, 15) is 4.79 Å². The fourth-order valence-corrected chi connectivity index (χ4v) is 2.55. The van der Waals surface area contributed by atoms with Gasteiger partial charge in [0.1, 0.15) is 0 Å². The molecule has 0 aromatic heterocycles. The first-order valence-electron chi connectivity index (χ1n) is 5.87. The lowest BCUT2D eigenvalue weighted by molar-refractivity contribution is 0.0956. The Labute approximate surface area is 117 Å². The van der Waals surface area contributed by atoms with Crippen molar-refractivity contribution in [1.29, 1.82) is 0 Å². The molecule has 0 radical (unpaired) electrons. The maximum atomic E-state index is 11.8. The van der Waals surface area contributed by atoms with E-state index >= 15 is 0 Å². The monoisotopic (exact) mass is 287 g/mol. The van der Waals surface area contributed by atoms with Crippen LogP contribution in [-0.2, 0) is 0 Å². The van der Waals surface area contributed by atoms with Crippen molar-refractivity contribution in [2.45, 2.75) is 13.3 Å². The molecule has 0 atom stereocenters. The Morgan fingerprint density at radius 3 is 2.83 bits per heavy atom. The standard InChI is InChI=1S/C13H18ClNO2S/c1-10-7-11(9-12(14)8-10)13(17)15-3-6-18-5-2-4-16/h7-9,16H,2-6H2,1H3,(H,15,17). The average molecular weight is 288 g/mol. The maximum absolute atomic E-state index is 11.8. The van der Waals surface area contributed by atoms with E-state index in [4.69, 9.17) is 16.7 Å². The van der Waals surface area contributed by atoms with Crippen molar-refractivity contribution in [1.82, 2.24) is 5.32 Å². The van der Waals surface area contributed by atoms with Crippen LogP contribution in [0.2, 0.25) is 5.02 Å². The summed E-state index contributed by atoms with van der Waals surface area (Å²) < 4.78 is 0. The number of carbonyl (C=O) groups is 1. The number of amides is 1. The summed E-state index contributed by atoms with van der Waals surface area (Å²) in [6.45, 7) is 2.76. The number of benzene rings is 1. The van der Waals surface area contributed by atoms with E-state index in [-0.39, 0.29) is 12.5 Å². The van der Waals surface area contributed by atoms with Crippen LogP contribution in [0.3, 0.4) is 0 Å². The van der Waals surface area contributed by atoms with Gasteiger partial charge in [-0.25, -0.2) is 0 Å². The van der Waals surface area contributed by atoms with Gasteiger partial charge in [-0.15, -0.1) is 0 Å². The molecule has 0 aliphatic carbocycles. The summed E-state index contributed by atoms with van der Waals surface area (Å²) in [6, 6.07) is 5.31. The molecule has 1 rings (SSSR count). The fourth-order valence-electron chi connectivity index (χ4n) is 1.47. The molecule has 0 aliphatic heterocycles. The van der Waals surface area contributed by atoms with Gasteiger partial charge in [0.05, 0.1) is 0 Å². The molecule has 18 heavy (non-hydrogen) atoms. The first-order chi connectivity index (χ1) is 8.63. The number of rotatable bonds is 7. The van der Waals surface area contributed by atoms with Crippen molar-refractivity contribution >= 4 is 29.3 Å². The van der Waals surface area contributed by atoms with Crippen LogP contribution in [0.4, 0.5) is 0 Å². The molecule has 3 nitrogen and oxygen atoms in total. The Morgan fingerprint density at radius 1 is 1.39 bits per heavy atom. The third-order valence-electron chi connectivity index (χ3n) is 2.28. The van der Waals surface area contributed by atoms with E-state index in [0.29, 0.717) is 17.1 Å². The van der Waals surface area contributed by atoms with E-state index in [2.05, 4.69) is 5.32 Å². The molecule has 0 heterocycles. The minimum atomic E-state index is -0.0941. The highest BCUT2D eigenvalue weighted by atomic mass is 35.5. The van der Waals surface area contributed by atoms with Crippen LogP contribution in [-0.4, -0.2) is 35.7 Å². The number of carbonyl (C=O) groups excluding carboxylic acids is 1. The zero-order valence-electron chi connectivity index (χ0n) is 10.4. The second kappa shape index (κ2) is 8.40. The van der Waals surface area contributed by atoms with E-state index in [1.807, 2.05) is 19.1 Å². The van der Waals surface area contributed by atoms with E-state index in [1.54, 1.807) is 17.8 Å². The van der Waals surface area contributed by atoms with Crippen LogP contribution in [0.5, 0.6) is 0 Å². The molecular weight excluding hydrogens is 270 g/mol. The first-order valence-corrected chi connectivity index (χ1v) is 7.40. The Kier molecular flexibility index (Phi) is 7.16. The van der Waals surface area contributed by atoms with Gasteiger partial charge in [-0.1, -0.05) is 11.6 Å². The normalized spacial score (nSPS) is 10.4. The van der Waals surface area contributed by atoms with Gasteiger partial charge in [0.25, 0.3) is 5.91 Å². The summed E-state index contributed by atoms with van der Waals surface area (Å²) in [4.78, 5) is 11.8. The molecule has 1 amide bonds. The number of aliphatic hydroxyl groups excluding tert-OH is 1.